The minimum Gasteiger partial charge on any atom is -0.325 e. The quantitative estimate of drug-likeness (QED) is 0.753. The number of carbonyl (C=O) groups excluding carboxylic acids is 1. The van der Waals surface area contributed by atoms with Crippen molar-refractivity contribution in [2.75, 3.05) is 31.5 Å². The number of nitrogens with one attached hydrogen (secondary N) is 2. The summed E-state index contributed by atoms with van der Waals surface area (Å²) in [4.78, 5) is 14.3. The van der Waals surface area contributed by atoms with E-state index in [1.54, 1.807) is 0 Å². The monoisotopic (exact) mass is 409 g/mol. The number of anilines is 1. The predicted molar refractivity (Wildman–Crippen MR) is 93.7 cm³/mol. The number of rotatable bonds is 3. The number of halogens is 2. The Balaban J connectivity index is 0.00000200. The van der Waals surface area contributed by atoms with Gasteiger partial charge in [0.05, 0.1) is 6.54 Å². The fourth-order valence-corrected chi connectivity index (χ4v) is 2.91. The molecule has 0 aromatic heterocycles. The molecule has 1 heterocycles. The SMILES string of the molecule is Cc1cc(I)ccc1NC(=O)CN1CCNCC1C.Cl. The number of hydrogen-bond donors (Lipinski definition) is 2. The molecule has 2 N–H and O–H groups in total. The molecule has 1 unspecified atom stereocenters. The van der Waals surface area contributed by atoms with Crippen LogP contribution in [-0.4, -0.2) is 43.0 Å². The van der Waals surface area contributed by atoms with Crippen LogP contribution in [0.15, 0.2) is 18.2 Å². The Morgan fingerprint density at radius 2 is 2.30 bits per heavy atom. The van der Waals surface area contributed by atoms with Crippen LogP contribution >= 0.6 is 35.0 Å². The van der Waals surface area contributed by atoms with Crippen LogP contribution < -0.4 is 10.6 Å². The second-order valence-corrected chi connectivity index (χ2v) is 6.28. The van der Waals surface area contributed by atoms with Gasteiger partial charge in [-0.05, 0) is 60.2 Å². The topological polar surface area (TPSA) is 44.4 Å². The largest absolute Gasteiger partial charge is 0.325 e. The molecule has 1 aliphatic heterocycles. The zero-order chi connectivity index (χ0) is 13.8. The lowest BCUT2D eigenvalue weighted by atomic mass is 10.2. The van der Waals surface area contributed by atoms with Crippen LogP contribution in [0, 0.1) is 10.5 Å². The first-order valence-electron chi connectivity index (χ1n) is 6.57. The van der Waals surface area contributed by atoms with E-state index < -0.39 is 0 Å². The summed E-state index contributed by atoms with van der Waals surface area (Å²) in [6.45, 7) is 7.48. The van der Waals surface area contributed by atoms with Gasteiger partial charge in [0, 0.05) is 34.9 Å². The lowest BCUT2D eigenvalue weighted by Gasteiger charge is -2.33. The molecule has 0 saturated carbocycles. The average Bonchev–Trinajstić information content (AvgIpc) is 2.36. The zero-order valence-corrected chi connectivity index (χ0v) is 14.8. The second-order valence-electron chi connectivity index (χ2n) is 5.03. The molecule has 6 heteroatoms. The fourth-order valence-electron chi connectivity index (χ4n) is 2.26. The van der Waals surface area contributed by atoms with Gasteiger partial charge in [0.2, 0.25) is 5.91 Å². The molecule has 1 amide bonds. The van der Waals surface area contributed by atoms with Crippen LogP contribution in [0.4, 0.5) is 5.69 Å². The maximum absolute atomic E-state index is 12.1. The van der Waals surface area contributed by atoms with E-state index in [0.29, 0.717) is 12.6 Å². The molecule has 112 valence electrons. The van der Waals surface area contributed by atoms with Gasteiger partial charge in [-0.2, -0.15) is 0 Å². The summed E-state index contributed by atoms with van der Waals surface area (Å²) < 4.78 is 1.18. The van der Waals surface area contributed by atoms with Gasteiger partial charge in [-0.3, -0.25) is 9.69 Å². The van der Waals surface area contributed by atoms with Gasteiger partial charge in [-0.25, -0.2) is 0 Å². The number of piperazine rings is 1. The molecular formula is C14H21ClIN3O. The summed E-state index contributed by atoms with van der Waals surface area (Å²) in [5.74, 6) is 0.0676. The Kier molecular flexibility index (Phi) is 7.22. The summed E-state index contributed by atoms with van der Waals surface area (Å²) in [5, 5.41) is 6.33. The molecule has 0 bridgehead atoms. The summed E-state index contributed by atoms with van der Waals surface area (Å²) >= 11 is 2.28. The zero-order valence-electron chi connectivity index (χ0n) is 11.8. The van der Waals surface area contributed by atoms with Gasteiger partial charge >= 0.3 is 0 Å². The van der Waals surface area contributed by atoms with Crippen LogP contribution in [0.25, 0.3) is 0 Å². The van der Waals surface area contributed by atoms with Gasteiger partial charge in [-0.15, -0.1) is 12.4 Å². The third-order valence-corrected chi connectivity index (χ3v) is 4.12. The van der Waals surface area contributed by atoms with E-state index in [-0.39, 0.29) is 18.3 Å². The molecular weight excluding hydrogens is 389 g/mol. The molecule has 1 aliphatic rings. The summed E-state index contributed by atoms with van der Waals surface area (Å²) in [6, 6.07) is 6.47. The van der Waals surface area contributed by atoms with Gasteiger partial charge < -0.3 is 10.6 Å². The average molecular weight is 410 g/mol. The molecule has 1 aromatic carbocycles. The number of amides is 1. The number of hydrogen-bond acceptors (Lipinski definition) is 3. The van der Waals surface area contributed by atoms with Crippen LogP contribution in [0.2, 0.25) is 0 Å². The molecule has 1 saturated heterocycles. The molecule has 0 radical (unpaired) electrons. The van der Waals surface area contributed by atoms with E-state index in [9.17, 15) is 4.79 Å². The Labute approximate surface area is 140 Å². The minimum absolute atomic E-state index is 0. The highest BCUT2D eigenvalue weighted by Crippen LogP contribution is 2.17. The van der Waals surface area contributed by atoms with Crippen molar-refractivity contribution in [1.29, 1.82) is 0 Å². The molecule has 4 nitrogen and oxygen atoms in total. The molecule has 1 fully saturated rings. The van der Waals surface area contributed by atoms with Crippen LogP contribution in [0.3, 0.4) is 0 Å². The first-order valence-corrected chi connectivity index (χ1v) is 7.65. The van der Waals surface area contributed by atoms with E-state index in [1.165, 1.54) is 3.57 Å². The van der Waals surface area contributed by atoms with Crippen LogP contribution in [0.1, 0.15) is 12.5 Å². The summed E-state index contributed by atoms with van der Waals surface area (Å²) in [6.07, 6.45) is 0. The first-order chi connectivity index (χ1) is 9.06. The Morgan fingerprint density at radius 3 is 2.95 bits per heavy atom. The maximum Gasteiger partial charge on any atom is 0.238 e. The van der Waals surface area contributed by atoms with Crippen molar-refractivity contribution >= 4 is 46.6 Å². The predicted octanol–water partition coefficient (Wildman–Crippen LogP) is 2.25. The molecule has 2 rings (SSSR count). The molecule has 1 atom stereocenters. The lowest BCUT2D eigenvalue weighted by Crippen LogP contribution is -2.52. The van der Waals surface area contributed by atoms with E-state index in [0.717, 1.165) is 30.9 Å². The third kappa shape index (κ3) is 4.87. The van der Waals surface area contributed by atoms with Crippen molar-refractivity contribution < 1.29 is 4.79 Å². The molecule has 20 heavy (non-hydrogen) atoms. The highest BCUT2D eigenvalue weighted by molar-refractivity contribution is 14.1. The number of benzene rings is 1. The van der Waals surface area contributed by atoms with E-state index >= 15 is 0 Å². The number of carbonyl (C=O) groups is 1. The number of aryl methyl sites for hydroxylation is 1. The fraction of sp³-hybridized carbons (Fsp3) is 0.500. The highest BCUT2D eigenvalue weighted by Gasteiger charge is 2.20. The van der Waals surface area contributed by atoms with Crippen LogP contribution in [-0.2, 0) is 4.79 Å². The third-order valence-electron chi connectivity index (χ3n) is 3.45. The van der Waals surface area contributed by atoms with Crippen molar-refractivity contribution in [1.82, 2.24) is 10.2 Å². The van der Waals surface area contributed by atoms with Crippen molar-refractivity contribution in [2.45, 2.75) is 19.9 Å². The van der Waals surface area contributed by atoms with Gasteiger partial charge in [0.25, 0.3) is 0 Å². The Hall–Kier alpha value is -0.370. The van der Waals surface area contributed by atoms with Crippen molar-refractivity contribution in [2.24, 2.45) is 0 Å². The summed E-state index contributed by atoms with van der Waals surface area (Å²) in [5.41, 5.74) is 2.02. The standard InChI is InChI=1S/C14H20IN3O.ClH/c1-10-7-12(15)3-4-13(10)17-14(19)9-18-6-5-16-8-11(18)2;/h3-4,7,11,16H,5-6,8-9H2,1-2H3,(H,17,19);1H. The van der Waals surface area contributed by atoms with Crippen molar-refractivity contribution in [3.63, 3.8) is 0 Å². The Morgan fingerprint density at radius 1 is 1.55 bits per heavy atom. The summed E-state index contributed by atoms with van der Waals surface area (Å²) in [7, 11) is 0. The smallest absolute Gasteiger partial charge is 0.238 e. The van der Waals surface area contributed by atoms with Gasteiger partial charge in [0.1, 0.15) is 0 Å². The van der Waals surface area contributed by atoms with Crippen LogP contribution in [0.5, 0.6) is 0 Å². The van der Waals surface area contributed by atoms with Gasteiger partial charge in [-0.1, -0.05) is 0 Å². The van der Waals surface area contributed by atoms with E-state index in [2.05, 4.69) is 51.1 Å². The first kappa shape index (κ1) is 17.7. The van der Waals surface area contributed by atoms with Gasteiger partial charge in [0.15, 0.2) is 0 Å². The van der Waals surface area contributed by atoms with E-state index in [4.69, 9.17) is 0 Å². The number of nitrogens with zero attached hydrogens (tertiary/aromatic N) is 1. The van der Waals surface area contributed by atoms with E-state index in [1.807, 2.05) is 19.1 Å². The molecule has 0 aliphatic carbocycles. The minimum atomic E-state index is 0. The maximum atomic E-state index is 12.1. The lowest BCUT2D eigenvalue weighted by molar-refractivity contribution is -0.118. The molecule has 0 spiro atoms. The van der Waals surface area contributed by atoms with Crippen molar-refractivity contribution in [3.8, 4) is 0 Å². The molecule has 1 aromatic rings. The second kappa shape index (κ2) is 8.17. The Bertz CT molecular complexity index is 470. The normalized spacial score (nSPS) is 19.2. The highest BCUT2D eigenvalue weighted by atomic mass is 127. The van der Waals surface area contributed by atoms with Crippen molar-refractivity contribution in [3.05, 3.63) is 27.3 Å².